The van der Waals surface area contributed by atoms with E-state index in [2.05, 4.69) is 13.8 Å². The molecule has 0 radical (unpaired) electrons. The molecule has 2 nitrogen and oxygen atoms in total. The van der Waals surface area contributed by atoms with E-state index in [1.165, 1.54) is 0 Å². The molecule has 0 saturated carbocycles. The van der Waals surface area contributed by atoms with E-state index < -0.39 is 0 Å². The van der Waals surface area contributed by atoms with Gasteiger partial charge in [0.05, 0.1) is 7.11 Å². The van der Waals surface area contributed by atoms with E-state index in [-0.39, 0.29) is 5.78 Å². The van der Waals surface area contributed by atoms with Gasteiger partial charge in [0.1, 0.15) is 5.75 Å². The maximum absolute atomic E-state index is 12.1. The number of hydrogen-bond acceptors (Lipinski definition) is 2. The van der Waals surface area contributed by atoms with E-state index in [1.807, 2.05) is 25.1 Å². The zero-order valence-corrected chi connectivity index (χ0v) is 11.2. The zero-order valence-electron chi connectivity index (χ0n) is 11.2. The minimum atomic E-state index is 0.219. The summed E-state index contributed by atoms with van der Waals surface area (Å²) in [4.78, 5) is 12.1. The Bertz CT molecular complexity index is 379. The van der Waals surface area contributed by atoms with Gasteiger partial charge in [-0.25, -0.2) is 0 Å². The number of aryl methyl sites for hydroxylation is 1. The molecule has 0 spiro atoms. The summed E-state index contributed by atoms with van der Waals surface area (Å²) < 4.78 is 5.24. The summed E-state index contributed by atoms with van der Waals surface area (Å²) in [7, 11) is 1.64. The Morgan fingerprint density at radius 2 is 1.94 bits per heavy atom. The number of methoxy groups -OCH3 is 1. The van der Waals surface area contributed by atoms with Crippen molar-refractivity contribution in [1.29, 1.82) is 0 Å². The lowest BCUT2D eigenvalue weighted by molar-refractivity contribution is 0.0958. The zero-order chi connectivity index (χ0) is 12.8. The van der Waals surface area contributed by atoms with Crippen molar-refractivity contribution >= 4 is 5.78 Å². The third-order valence-corrected chi connectivity index (χ3v) is 3.36. The van der Waals surface area contributed by atoms with Crippen LogP contribution in [0.2, 0.25) is 0 Å². The van der Waals surface area contributed by atoms with Crippen LogP contribution < -0.4 is 4.74 Å². The molecule has 1 aromatic rings. The van der Waals surface area contributed by atoms with Crippen molar-refractivity contribution in [2.45, 2.75) is 40.0 Å². The van der Waals surface area contributed by atoms with Crippen molar-refractivity contribution in [2.75, 3.05) is 7.11 Å². The highest BCUT2D eigenvalue weighted by Crippen LogP contribution is 2.22. The SMILES string of the molecule is CCC(CC)CC(=O)c1ccc(C)c(OC)c1. The van der Waals surface area contributed by atoms with Crippen LogP contribution in [0.15, 0.2) is 18.2 Å². The molecule has 0 N–H and O–H groups in total. The Morgan fingerprint density at radius 1 is 1.29 bits per heavy atom. The molecule has 1 aromatic carbocycles. The molecule has 0 heterocycles. The van der Waals surface area contributed by atoms with E-state index in [1.54, 1.807) is 7.11 Å². The number of ether oxygens (including phenoxy) is 1. The van der Waals surface area contributed by atoms with Gasteiger partial charge in [0.15, 0.2) is 5.78 Å². The van der Waals surface area contributed by atoms with Gasteiger partial charge in [-0.2, -0.15) is 0 Å². The summed E-state index contributed by atoms with van der Waals surface area (Å²) in [6.45, 7) is 6.25. The first-order valence-electron chi connectivity index (χ1n) is 6.30. The van der Waals surface area contributed by atoms with Crippen LogP contribution in [-0.2, 0) is 0 Å². The summed E-state index contributed by atoms with van der Waals surface area (Å²) in [5.41, 5.74) is 1.82. The van der Waals surface area contributed by atoms with Gasteiger partial charge < -0.3 is 4.74 Å². The Kier molecular flexibility index (Phi) is 5.20. The number of rotatable bonds is 6. The molecule has 0 bridgehead atoms. The second-order valence-corrected chi connectivity index (χ2v) is 4.49. The Morgan fingerprint density at radius 3 is 2.47 bits per heavy atom. The predicted molar refractivity (Wildman–Crippen MR) is 70.8 cm³/mol. The number of carbonyl (C=O) groups is 1. The molecule has 0 saturated heterocycles. The Balaban J connectivity index is 2.82. The third kappa shape index (κ3) is 3.58. The molecule has 0 fully saturated rings. The van der Waals surface area contributed by atoms with Crippen LogP contribution >= 0.6 is 0 Å². The second-order valence-electron chi connectivity index (χ2n) is 4.49. The van der Waals surface area contributed by atoms with Gasteiger partial charge in [-0.3, -0.25) is 4.79 Å². The second kappa shape index (κ2) is 6.43. The van der Waals surface area contributed by atoms with Crippen LogP contribution in [0.5, 0.6) is 5.75 Å². The minimum Gasteiger partial charge on any atom is -0.496 e. The van der Waals surface area contributed by atoms with Crippen molar-refractivity contribution in [1.82, 2.24) is 0 Å². The lowest BCUT2D eigenvalue weighted by Crippen LogP contribution is -2.07. The summed E-state index contributed by atoms with van der Waals surface area (Å²) in [6, 6.07) is 5.68. The van der Waals surface area contributed by atoms with E-state index >= 15 is 0 Å². The topological polar surface area (TPSA) is 26.3 Å². The van der Waals surface area contributed by atoms with Gasteiger partial charge in [-0.05, 0) is 24.5 Å². The van der Waals surface area contributed by atoms with Crippen LogP contribution in [0.4, 0.5) is 0 Å². The minimum absolute atomic E-state index is 0.219. The average molecular weight is 234 g/mol. The molecule has 17 heavy (non-hydrogen) atoms. The summed E-state index contributed by atoms with van der Waals surface area (Å²) in [5, 5.41) is 0. The molecule has 0 aliphatic rings. The molecule has 0 aliphatic carbocycles. The van der Waals surface area contributed by atoms with Crippen molar-refractivity contribution in [3.8, 4) is 5.75 Å². The van der Waals surface area contributed by atoms with Crippen LogP contribution in [0, 0.1) is 12.8 Å². The van der Waals surface area contributed by atoms with Crippen LogP contribution in [-0.4, -0.2) is 12.9 Å². The van der Waals surface area contributed by atoms with Gasteiger partial charge >= 0.3 is 0 Å². The first kappa shape index (κ1) is 13.8. The maximum Gasteiger partial charge on any atom is 0.163 e. The average Bonchev–Trinajstić information content (AvgIpc) is 2.36. The first-order chi connectivity index (χ1) is 8.12. The highest BCUT2D eigenvalue weighted by Gasteiger charge is 2.13. The highest BCUT2D eigenvalue weighted by molar-refractivity contribution is 5.96. The van der Waals surface area contributed by atoms with Gasteiger partial charge in [-0.1, -0.05) is 38.8 Å². The Hall–Kier alpha value is -1.31. The number of Topliss-reactive ketones (excluding diaryl/α,β-unsaturated/α-hetero) is 1. The molecule has 0 atom stereocenters. The van der Waals surface area contributed by atoms with E-state index in [9.17, 15) is 4.79 Å². The lowest BCUT2D eigenvalue weighted by atomic mass is 9.93. The molecule has 2 heteroatoms. The molecule has 1 rings (SSSR count). The normalized spacial score (nSPS) is 10.6. The molecular weight excluding hydrogens is 212 g/mol. The number of benzene rings is 1. The molecule has 0 amide bonds. The smallest absolute Gasteiger partial charge is 0.163 e. The number of hydrogen-bond donors (Lipinski definition) is 0. The first-order valence-corrected chi connectivity index (χ1v) is 6.30. The van der Waals surface area contributed by atoms with Crippen molar-refractivity contribution < 1.29 is 9.53 Å². The molecule has 94 valence electrons. The predicted octanol–water partition coefficient (Wildman–Crippen LogP) is 4.01. The largest absolute Gasteiger partial charge is 0.496 e. The molecule has 0 unspecified atom stereocenters. The summed E-state index contributed by atoms with van der Waals surface area (Å²) in [6.07, 6.45) is 2.76. The van der Waals surface area contributed by atoms with Crippen LogP contribution in [0.1, 0.15) is 49.0 Å². The highest BCUT2D eigenvalue weighted by atomic mass is 16.5. The Labute approximate surface area is 104 Å². The number of carbonyl (C=O) groups excluding carboxylic acids is 1. The third-order valence-electron chi connectivity index (χ3n) is 3.36. The standard InChI is InChI=1S/C15H22O2/c1-5-12(6-2)9-14(16)13-8-7-11(3)15(10-13)17-4/h7-8,10,12H,5-6,9H2,1-4H3. The maximum atomic E-state index is 12.1. The van der Waals surface area contributed by atoms with Crippen LogP contribution in [0.25, 0.3) is 0 Å². The van der Waals surface area contributed by atoms with E-state index in [0.717, 1.165) is 29.7 Å². The molecule has 0 aliphatic heterocycles. The van der Waals surface area contributed by atoms with Gasteiger partial charge in [0.2, 0.25) is 0 Å². The van der Waals surface area contributed by atoms with E-state index in [4.69, 9.17) is 4.74 Å². The molecule has 0 aromatic heterocycles. The monoisotopic (exact) mass is 234 g/mol. The summed E-state index contributed by atoms with van der Waals surface area (Å²) >= 11 is 0. The fraction of sp³-hybridized carbons (Fsp3) is 0.533. The van der Waals surface area contributed by atoms with Gasteiger partial charge in [-0.15, -0.1) is 0 Å². The van der Waals surface area contributed by atoms with Crippen molar-refractivity contribution in [2.24, 2.45) is 5.92 Å². The number of ketones is 1. The van der Waals surface area contributed by atoms with Gasteiger partial charge in [0, 0.05) is 12.0 Å². The fourth-order valence-electron chi connectivity index (χ4n) is 1.95. The quantitative estimate of drug-likeness (QED) is 0.695. The lowest BCUT2D eigenvalue weighted by Gasteiger charge is -2.12. The van der Waals surface area contributed by atoms with Crippen molar-refractivity contribution in [3.63, 3.8) is 0 Å². The van der Waals surface area contributed by atoms with Crippen molar-refractivity contribution in [3.05, 3.63) is 29.3 Å². The summed E-state index contributed by atoms with van der Waals surface area (Å²) in [5.74, 6) is 1.51. The molecular formula is C15H22O2. The fourth-order valence-corrected chi connectivity index (χ4v) is 1.95. The van der Waals surface area contributed by atoms with Gasteiger partial charge in [0.25, 0.3) is 0 Å². The van der Waals surface area contributed by atoms with E-state index in [0.29, 0.717) is 12.3 Å². The van der Waals surface area contributed by atoms with Crippen LogP contribution in [0.3, 0.4) is 0 Å².